The van der Waals surface area contributed by atoms with Crippen LogP contribution in [-0.4, -0.2) is 37.4 Å². The number of ether oxygens (including phenoxy) is 4. The van der Waals surface area contributed by atoms with Crippen LogP contribution in [0, 0.1) is 0 Å². The summed E-state index contributed by atoms with van der Waals surface area (Å²) in [6, 6.07) is 4.92. The molecule has 2 fully saturated rings. The highest BCUT2D eigenvalue weighted by molar-refractivity contribution is 5.92. The van der Waals surface area contributed by atoms with Gasteiger partial charge < -0.3 is 18.9 Å². The number of cyclic esters (lactones) is 1. The largest absolute Gasteiger partial charge is 0.493 e. The van der Waals surface area contributed by atoms with Crippen LogP contribution in [0.5, 0.6) is 11.5 Å². The summed E-state index contributed by atoms with van der Waals surface area (Å²) in [7, 11) is 1.53. The second kappa shape index (κ2) is 7.11. The van der Waals surface area contributed by atoms with Crippen molar-refractivity contribution in [2.24, 2.45) is 0 Å². The average Bonchev–Trinajstić information content (AvgIpc) is 3.17. The van der Waals surface area contributed by atoms with Crippen LogP contribution in [-0.2, 0) is 14.3 Å². The van der Waals surface area contributed by atoms with Gasteiger partial charge in [0.05, 0.1) is 18.8 Å². The molecule has 1 heterocycles. The molecule has 1 aromatic carbocycles. The van der Waals surface area contributed by atoms with Gasteiger partial charge in [0.25, 0.3) is 0 Å². The minimum absolute atomic E-state index is 0.200. The first kappa shape index (κ1) is 16.6. The van der Waals surface area contributed by atoms with E-state index in [-0.39, 0.29) is 12.2 Å². The standard InChI is InChI=1S/C18H22O6/c1-11-9-16(18(20)22-11)24-17(19)12-7-8-14(15(10-12)21-2)23-13-5-3-4-6-13/h7-8,10-11,13,16H,3-6,9H2,1-2H3/t11-,16-/m0/s1. The first-order chi connectivity index (χ1) is 11.6. The highest BCUT2D eigenvalue weighted by Gasteiger charge is 2.35. The van der Waals surface area contributed by atoms with Gasteiger partial charge in [-0.05, 0) is 50.8 Å². The fourth-order valence-corrected chi connectivity index (χ4v) is 3.09. The van der Waals surface area contributed by atoms with E-state index >= 15 is 0 Å². The summed E-state index contributed by atoms with van der Waals surface area (Å²) in [6.07, 6.45) is 3.93. The molecule has 3 rings (SSSR count). The van der Waals surface area contributed by atoms with Gasteiger partial charge in [0.2, 0.25) is 6.10 Å². The molecule has 2 atom stereocenters. The van der Waals surface area contributed by atoms with Crippen LogP contribution in [0.2, 0.25) is 0 Å². The smallest absolute Gasteiger partial charge is 0.347 e. The maximum Gasteiger partial charge on any atom is 0.347 e. The molecule has 24 heavy (non-hydrogen) atoms. The summed E-state index contributed by atoms with van der Waals surface area (Å²) in [5.41, 5.74) is 0.318. The third-order valence-electron chi connectivity index (χ3n) is 4.37. The van der Waals surface area contributed by atoms with E-state index in [4.69, 9.17) is 18.9 Å². The molecule has 1 aromatic rings. The predicted octanol–water partition coefficient (Wildman–Crippen LogP) is 2.88. The zero-order valence-corrected chi connectivity index (χ0v) is 13.9. The second-order valence-electron chi connectivity index (χ2n) is 6.27. The van der Waals surface area contributed by atoms with Crippen LogP contribution in [0.15, 0.2) is 18.2 Å². The summed E-state index contributed by atoms with van der Waals surface area (Å²) in [6.45, 7) is 1.77. The molecule has 0 unspecified atom stereocenters. The van der Waals surface area contributed by atoms with E-state index < -0.39 is 18.0 Å². The summed E-state index contributed by atoms with van der Waals surface area (Å²) in [5, 5.41) is 0. The van der Waals surface area contributed by atoms with Gasteiger partial charge in [-0.15, -0.1) is 0 Å². The Balaban J connectivity index is 1.69. The van der Waals surface area contributed by atoms with E-state index in [0.717, 1.165) is 12.8 Å². The van der Waals surface area contributed by atoms with Crippen molar-refractivity contribution in [2.75, 3.05) is 7.11 Å². The number of hydrogen-bond acceptors (Lipinski definition) is 6. The van der Waals surface area contributed by atoms with E-state index in [9.17, 15) is 9.59 Å². The third kappa shape index (κ3) is 3.63. The molecule has 0 aromatic heterocycles. The Bertz CT molecular complexity index is 620. The molecule has 0 spiro atoms. The molecule has 1 saturated carbocycles. The number of hydrogen-bond donors (Lipinski definition) is 0. The lowest BCUT2D eigenvalue weighted by atomic mass is 10.2. The molecule has 0 bridgehead atoms. The maximum absolute atomic E-state index is 12.3. The Kier molecular flexibility index (Phi) is 4.92. The molecule has 1 aliphatic carbocycles. The molecule has 0 amide bonds. The minimum atomic E-state index is -0.840. The van der Waals surface area contributed by atoms with Crippen LogP contribution >= 0.6 is 0 Å². The molecule has 6 nitrogen and oxygen atoms in total. The quantitative estimate of drug-likeness (QED) is 0.771. The summed E-state index contributed by atoms with van der Waals surface area (Å²) in [4.78, 5) is 23.8. The SMILES string of the molecule is COc1cc(C(=O)O[C@H]2C[C@H](C)OC2=O)ccc1OC1CCCC1. The fourth-order valence-electron chi connectivity index (χ4n) is 3.09. The Labute approximate surface area is 141 Å². The zero-order valence-electron chi connectivity index (χ0n) is 13.9. The lowest BCUT2D eigenvalue weighted by Gasteiger charge is -2.16. The number of carbonyl (C=O) groups is 2. The molecular weight excluding hydrogens is 312 g/mol. The Morgan fingerprint density at radius 1 is 1.21 bits per heavy atom. The predicted molar refractivity (Wildman–Crippen MR) is 85.3 cm³/mol. The van der Waals surface area contributed by atoms with Gasteiger partial charge in [-0.3, -0.25) is 0 Å². The molecule has 0 radical (unpaired) electrons. The molecule has 1 aliphatic heterocycles. The van der Waals surface area contributed by atoms with Crippen LogP contribution in [0.4, 0.5) is 0 Å². The van der Waals surface area contributed by atoms with Crippen LogP contribution < -0.4 is 9.47 Å². The van der Waals surface area contributed by atoms with Crippen molar-refractivity contribution in [3.63, 3.8) is 0 Å². The number of rotatable bonds is 5. The monoisotopic (exact) mass is 334 g/mol. The van der Waals surface area contributed by atoms with Gasteiger partial charge in [-0.2, -0.15) is 0 Å². The summed E-state index contributed by atoms with van der Waals surface area (Å²) < 4.78 is 21.5. The van der Waals surface area contributed by atoms with Crippen molar-refractivity contribution in [3.05, 3.63) is 23.8 Å². The van der Waals surface area contributed by atoms with Gasteiger partial charge in [-0.1, -0.05) is 0 Å². The van der Waals surface area contributed by atoms with Crippen molar-refractivity contribution in [2.45, 2.75) is 57.3 Å². The van der Waals surface area contributed by atoms with Crippen molar-refractivity contribution >= 4 is 11.9 Å². The van der Waals surface area contributed by atoms with Gasteiger partial charge in [-0.25, -0.2) is 9.59 Å². The highest BCUT2D eigenvalue weighted by Crippen LogP contribution is 2.32. The number of carbonyl (C=O) groups excluding carboxylic acids is 2. The second-order valence-corrected chi connectivity index (χ2v) is 6.27. The molecule has 130 valence electrons. The van der Waals surface area contributed by atoms with Gasteiger partial charge >= 0.3 is 11.9 Å². The summed E-state index contributed by atoms with van der Waals surface area (Å²) >= 11 is 0. The normalized spacial score (nSPS) is 23.8. The van der Waals surface area contributed by atoms with Crippen LogP contribution in [0.3, 0.4) is 0 Å². The van der Waals surface area contributed by atoms with Gasteiger partial charge in [0.15, 0.2) is 11.5 Å². The fraction of sp³-hybridized carbons (Fsp3) is 0.556. The van der Waals surface area contributed by atoms with Crippen LogP contribution in [0.25, 0.3) is 0 Å². The molecular formula is C18H22O6. The first-order valence-corrected chi connectivity index (χ1v) is 8.33. The van der Waals surface area contributed by atoms with E-state index in [1.807, 2.05) is 0 Å². The molecule has 2 aliphatic rings. The van der Waals surface area contributed by atoms with E-state index in [1.54, 1.807) is 25.1 Å². The van der Waals surface area contributed by atoms with Gasteiger partial charge in [0, 0.05) is 6.42 Å². The van der Waals surface area contributed by atoms with E-state index in [1.165, 1.54) is 20.0 Å². The third-order valence-corrected chi connectivity index (χ3v) is 4.37. The van der Waals surface area contributed by atoms with Gasteiger partial charge in [0.1, 0.15) is 6.10 Å². The van der Waals surface area contributed by atoms with Crippen molar-refractivity contribution in [1.82, 2.24) is 0 Å². The minimum Gasteiger partial charge on any atom is -0.493 e. The highest BCUT2D eigenvalue weighted by atomic mass is 16.6. The van der Waals surface area contributed by atoms with Crippen molar-refractivity contribution < 1.29 is 28.5 Å². The Morgan fingerprint density at radius 3 is 2.58 bits per heavy atom. The van der Waals surface area contributed by atoms with Crippen molar-refractivity contribution in [3.8, 4) is 11.5 Å². The van der Waals surface area contributed by atoms with Crippen molar-refractivity contribution in [1.29, 1.82) is 0 Å². The van der Waals surface area contributed by atoms with E-state index in [0.29, 0.717) is 23.5 Å². The first-order valence-electron chi connectivity index (χ1n) is 8.33. The Morgan fingerprint density at radius 2 is 1.96 bits per heavy atom. The topological polar surface area (TPSA) is 71.1 Å². The number of esters is 2. The average molecular weight is 334 g/mol. The maximum atomic E-state index is 12.3. The molecule has 1 saturated heterocycles. The molecule has 6 heteroatoms. The van der Waals surface area contributed by atoms with Crippen LogP contribution in [0.1, 0.15) is 49.4 Å². The lowest BCUT2D eigenvalue weighted by Crippen LogP contribution is -2.22. The zero-order chi connectivity index (χ0) is 17.1. The number of methoxy groups -OCH3 is 1. The Hall–Kier alpha value is -2.24. The molecule has 0 N–H and O–H groups in total. The lowest BCUT2D eigenvalue weighted by molar-refractivity contribution is -0.147. The van der Waals surface area contributed by atoms with E-state index in [2.05, 4.69) is 0 Å². The number of benzene rings is 1. The summed E-state index contributed by atoms with van der Waals surface area (Å²) in [5.74, 6) is 0.0364.